The molecular weight excluding hydrogens is 336 g/mol. The van der Waals surface area contributed by atoms with Crippen molar-refractivity contribution in [3.8, 4) is 0 Å². The Kier molecular flexibility index (Phi) is 4.97. The van der Waals surface area contributed by atoms with E-state index in [0.29, 0.717) is 21.8 Å². The van der Waals surface area contributed by atoms with Gasteiger partial charge in [0.25, 0.3) is 15.9 Å². The van der Waals surface area contributed by atoms with Gasteiger partial charge >= 0.3 is 0 Å². The molecule has 122 valence electrons. The summed E-state index contributed by atoms with van der Waals surface area (Å²) in [6.07, 6.45) is 0. The SMILES string of the molecule is CNC(=O)c1ccc(N(C)S(=O)(=O)c2ccc(Cl)cc2)c(C)c1. The molecular formula is C16H17ClN2O3S. The summed E-state index contributed by atoms with van der Waals surface area (Å²) in [6, 6.07) is 10.9. The van der Waals surface area contributed by atoms with Crippen LogP contribution in [0, 0.1) is 6.92 Å². The fourth-order valence-corrected chi connectivity index (χ4v) is 3.57. The van der Waals surface area contributed by atoms with E-state index in [4.69, 9.17) is 11.6 Å². The first-order valence-electron chi connectivity index (χ1n) is 6.84. The molecule has 0 saturated heterocycles. The fourth-order valence-electron chi connectivity index (χ4n) is 2.19. The number of benzene rings is 2. The Labute approximate surface area is 140 Å². The normalized spacial score (nSPS) is 11.1. The maximum absolute atomic E-state index is 12.7. The third-order valence-corrected chi connectivity index (χ3v) is 5.53. The number of carbonyl (C=O) groups excluding carboxylic acids is 1. The van der Waals surface area contributed by atoms with Crippen molar-refractivity contribution in [2.45, 2.75) is 11.8 Å². The highest BCUT2D eigenvalue weighted by Crippen LogP contribution is 2.26. The molecule has 2 aromatic rings. The quantitative estimate of drug-likeness (QED) is 0.920. The number of halogens is 1. The van der Waals surface area contributed by atoms with Crippen LogP contribution in [0.1, 0.15) is 15.9 Å². The Bertz CT molecular complexity index is 833. The molecule has 0 fully saturated rings. The van der Waals surface area contributed by atoms with Gasteiger partial charge in [-0.05, 0) is 55.0 Å². The molecule has 1 amide bonds. The third-order valence-electron chi connectivity index (χ3n) is 3.50. The lowest BCUT2D eigenvalue weighted by atomic mass is 10.1. The van der Waals surface area contributed by atoms with Gasteiger partial charge in [0, 0.05) is 24.7 Å². The predicted octanol–water partition coefficient (Wildman–Crippen LogP) is 2.83. The van der Waals surface area contributed by atoms with Crippen LogP contribution in [0.5, 0.6) is 0 Å². The Hall–Kier alpha value is -2.05. The fraction of sp³-hybridized carbons (Fsp3) is 0.188. The zero-order chi connectivity index (χ0) is 17.2. The molecule has 0 heterocycles. The van der Waals surface area contributed by atoms with Gasteiger partial charge in [-0.2, -0.15) is 0 Å². The average molecular weight is 353 g/mol. The molecule has 0 aliphatic rings. The average Bonchev–Trinajstić information content (AvgIpc) is 2.53. The van der Waals surface area contributed by atoms with Gasteiger partial charge in [0.05, 0.1) is 10.6 Å². The van der Waals surface area contributed by atoms with E-state index in [1.165, 1.54) is 35.6 Å². The minimum Gasteiger partial charge on any atom is -0.355 e. The van der Waals surface area contributed by atoms with Gasteiger partial charge in [0.2, 0.25) is 0 Å². The van der Waals surface area contributed by atoms with E-state index in [0.717, 1.165) is 0 Å². The summed E-state index contributed by atoms with van der Waals surface area (Å²) in [5, 5.41) is 3.01. The van der Waals surface area contributed by atoms with Crippen molar-refractivity contribution in [3.05, 3.63) is 58.6 Å². The summed E-state index contributed by atoms with van der Waals surface area (Å²) in [5.41, 5.74) is 1.67. The van der Waals surface area contributed by atoms with Gasteiger partial charge in [-0.15, -0.1) is 0 Å². The standard InChI is InChI=1S/C16H17ClN2O3S/c1-11-10-12(16(20)18-2)4-9-15(11)19(3)23(21,22)14-7-5-13(17)6-8-14/h4-10H,1-3H3,(H,18,20). The molecule has 0 unspecified atom stereocenters. The number of amides is 1. The topological polar surface area (TPSA) is 66.5 Å². The first kappa shape index (κ1) is 17.3. The molecule has 0 spiro atoms. The second-order valence-corrected chi connectivity index (χ2v) is 7.41. The highest BCUT2D eigenvalue weighted by atomic mass is 35.5. The van der Waals surface area contributed by atoms with Gasteiger partial charge in [0.1, 0.15) is 0 Å². The Morgan fingerprint density at radius 2 is 1.74 bits per heavy atom. The van der Waals surface area contributed by atoms with E-state index in [1.54, 1.807) is 32.2 Å². The van der Waals surface area contributed by atoms with Crippen LogP contribution in [0.25, 0.3) is 0 Å². The lowest BCUT2D eigenvalue weighted by Gasteiger charge is -2.22. The molecule has 0 radical (unpaired) electrons. The molecule has 7 heteroatoms. The molecule has 0 aliphatic carbocycles. The molecule has 0 saturated carbocycles. The summed E-state index contributed by atoms with van der Waals surface area (Å²) in [5.74, 6) is -0.220. The summed E-state index contributed by atoms with van der Waals surface area (Å²) in [6.45, 7) is 1.76. The number of rotatable bonds is 4. The van der Waals surface area contributed by atoms with Crippen molar-refractivity contribution in [1.29, 1.82) is 0 Å². The van der Waals surface area contributed by atoms with Gasteiger partial charge in [-0.25, -0.2) is 8.42 Å². The Morgan fingerprint density at radius 1 is 1.13 bits per heavy atom. The third kappa shape index (κ3) is 3.48. The molecule has 0 aromatic heterocycles. The number of aryl methyl sites for hydroxylation is 1. The lowest BCUT2D eigenvalue weighted by molar-refractivity contribution is 0.0963. The summed E-state index contributed by atoms with van der Waals surface area (Å²) in [4.78, 5) is 11.8. The second kappa shape index (κ2) is 6.60. The molecule has 2 rings (SSSR count). The monoisotopic (exact) mass is 352 g/mol. The summed E-state index contributed by atoms with van der Waals surface area (Å²) < 4.78 is 26.5. The number of hydrogen-bond acceptors (Lipinski definition) is 3. The molecule has 0 atom stereocenters. The number of anilines is 1. The number of nitrogens with zero attached hydrogens (tertiary/aromatic N) is 1. The predicted molar refractivity (Wildman–Crippen MR) is 91.6 cm³/mol. The first-order chi connectivity index (χ1) is 10.8. The van der Waals surface area contributed by atoms with E-state index in [-0.39, 0.29) is 10.8 Å². The van der Waals surface area contributed by atoms with Crippen molar-refractivity contribution >= 4 is 33.2 Å². The van der Waals surface area contributed by atoms with E-state index in [2.05, 4.69) is 5.32 Å². The zero-order valence-corrected chi connectivity index (χ0v) is 14.6. The van der Waals surface area contributed by atoms with Gasteiger partial charge < -0.3 is 5.32 Å². The van der Waals surface area contributed by atoms with Crippen LogP contribution in [-0.4, -0.2) is 28.4 Å². The van der Waals surface area contributed by atoms with Crippen LogP contribution < -0.4 is 9.62 Å². The van der Waals surface area contributed by atoms with Gasteiger partial charge in [-0.3, -0.25) is 9.10 Å². The zero-order valence-electron chi connectivity index (χ0n) is 13.0. The molecule has 0 aliphatic heterocycles. The first-order valence-corrected chi connectivity index (χ1v) is 8.66. The maximum atomic E-state index is 12.7. The van der Waals surface area contributed by atoms with Crippen LogP contribution in [0.2, 0.25) is 5.02 Å². The highest BCUT2D eigenvalue weighted by Gasteiger charge is 2.22. The number of hydrogen-bond donors (Lipinski definition) is 1. The highest BCUT2D eigenvalue weighted by molar-refractivity contribution is 7.92. The maximum Gasteiger partial charge on any atom is 0.264 e. The van der Waals surface area contributed by atoms with E-state index < -0.39 is 10.0 Å². The van der Waals surface area contributed by atoms with Crippen molar-refractivity contribution in [2.75, 3.05) is 18.4 Å². The minimum absolute atomic E-state index is 0.152. The van der Waals surface area contributed by atoms with Crippen LogP contribution in [0.15, 0.2) is 47.4 Å². The van der Waals surface area contributed by atoms with Crippen LogP contribution in [0.4, 0.5) is 5.69 Å². The molecule has 2 aromatic carbocycles. The van der Waals surface area contributed by atoms with E-state index >= 15 is 0 Å². The molecule has 0 bridgehead atoms. The van der Waals surface area contributed by atoms with E-state index in [9.17, 15) is 13.2 Å². The number of sulfonamides is 1. The number of carbonyl (C=O) groups is 1. The van der Waals surface area contributed by atoms with Crippen molar-refractivity contribution in [1.82, 2.24) is 5.32 Å². The Balaban J connectivity index is 2.41. The summed E-state index contributed by atoms with van der Waals surface area (Å²) in [7, 11) is -0.673. The molecule has 23 heavy (non-hydrogen) atoms. The van der Waals surface area contributed by atoms with Gasteiger partial charge in [0.15, 0.2) is 0 Å². The number of nitrogens with one attached hydrogen (secondary N) is 1. The molecule has 5 nitrogen and oxygen atoms in total. The smallest absolute Gasteiger partial charge is 0.264 e. The van der Waals surface area contributed by atoms with Crippen molar-refractivity contribution in [2.24, 2.45) is 0 Å². The van der Waals surface area contributed by atoms with Crippen LogP contribution >= 0.6 is 11.6 Å². The van der Waals surface area contributed by atoms with Crippen LogP contribution in [0.3, 0.4) is 0 Å². The van der Waals surface area contributed by atoms with Crippen LogP contribution in [-0.2, 0) is 10.0 Å². The van der Waals surface area contributed by atoms with E-state index in [1.807, 2.05) is 0 Å². The largest absolute Gasteiger partial charge is 0.355 e. The molecule has 1 N–H and O–H groups in total. The van der Waals surface area contributed by atoms with Crippen molar-refractivity contribution < 1.29 is 13.2 Å². The second-order valence-electron chi connectivity index (χ2n) is 5.01. The lowest BCUT2D eigenvalue weighted by Crippen LogP contribution is -2.27. The van der Waals surface area contributed by atoms with Gasteiger partial charge in [-0.1, -0.05) is 11.6 Å². The Morgan fingerprint density at radius 3 is 2.26 bits per heavy atom. The summed E-state index contributed by atoms with van der Waals surface area (Å²) >= 11 is 5.80. The minimum atomic E-state index is -3.70. The van der Waals surface area contributed by atoms with Crippen molar-refractivity contribution in [3.63, 3.8) is 0 Å².